The Kier molecular flexibility index (Phi) is 6.55. The van der Waals surface area contributed by atoms with Gasteiger partial charge in [0.15, 0.2) is 0 Å². The molecule has 6 heteroatoms. The van der Waals surface area contributed by atoms with E-state index in [1.165, 1.54) is 12.1 Å². The van der Waals surface area contributed by atoms with Crippen molar-refractivity contribution in [2.75, 3.05) is 33.4 Å². The molecule has 0 spiro atoms. The molecule has 2 N–H and O–H groups in total. The standard InChI is InChI=1S/C21H25FN2O3/c1-26-9-10-27-14-17-11-16(7-8-19(17)22)21(25)24-12-18(20(23)13-24)15-5-3-2-4-6-15/h2-8,11,18,20H,9-10,12-14,23H2,1H3/t18-,20+/m0/s1. The van der Waals surface area contributed by atoms with E-state index in [9.17, 15) is 9.18 Å². The molecule has 1 fully saturated rings. The summed E-state index contributed by atoms with van der Waals surface area (Å²) in [5, 5.41) is 0. The Labute approximate surface area is 158 Å². The number of nitrogens with zero attached hydrogens (tertiary/aromatic N) is 1. The van der Waals surface area contributed by atoms with Crippen LogP contribution in [0, 0.1) is 5.82 Å². The van der Waals surface area contributed by atoms with Gasteiger partial charge in [0, 0.05) is 43.3 Å². The minimum Gasteiger partial charge on any atom is -0.382 e. The van der Waals surface area contributed by atoms with Gasteiger partial charge in [0.05, 0.1) is 19.8 Å². The van der Waals surface area contributed by atoms with E-state index in [-0.39, 0.29) is 30.3 Å². The quantitative estimate of drug-likeness (QED) is 0.759. The maximum absolute atomic E-state index is 14.0. The zero-order valence-corrected chi connectivity index (χ0v) is 15.4. The molecule has 3 rings (SSSR count). The average molecular weight is 372 g/mol. The topological polar surface area (TPSA) is 64.8 Å². The van der Waals surface area contributed by atoms with Gasteiger partial charge in [-0.15, -0.1) is 0 Å². The van der Waals surface area contributed by atoms with Crippen molar-refractivity contribution in [3.63, 3.8) is 0 Å². The summed E-state index contributed by atoms with van der Waals surface area (Å²) >= 11 is 0. The monoisotopic (exact) mass is 372 g/mol. The molecule has 27 heavy (non-hydrogen) atoms. The number of likely N-dealkylation sites (tertiary alicyclic amines) is 1. The lowest BCUT2D eigenvalue weighted by Crippen LogP contribution is -2.32. The maximum atomic E-state index is 14.0. The second-order valence-corrected chi connectivity index (χ2v) is 6.74. The lowest BCUT2D eigenvalue weighted by atomic mass is 9.95. The van der Waals surface area contributed by atoms with E-state index in [4.69, 9.17) is 15.2 Å². The Morgan fingerprint density at radius 2 is 1.96 bits per heavy atom. The third-order valence-electron chi connectivity index (χ3n) is 4.86. The number of rotatable bonds is 7. The zero-order chi connectivity index (χ0) is 19.2. The number of carbonyl (C=O) groups excluding carboxylic acids is 1. The highest BCUT2D eigenvalue weighted by Gasteiger charge is 2.34. The molecule has 2 aromatic carbocycles. The first-order chi connectivity index (χ1) is 13.1. The summed E-state index contributed by atoms with van der Waals surface area (Å²) in [7, 11) is 1.58. The van der Waals surface area contributed by atoms with E-state index in [1.807, 2.05) is 30.3 Å². The van der Waals surface area contributed by atoms with Crippen molar-refractivity contribution in [1.82, 2.24) is 4.90 Å². The number of carbonyl (C=O) groups is 1. The molecule has 144 valence electrons. The molecular formula is C21H25FN2O3. The van der Waals surface area contributed by atoms with E-state index in [0.29, 0.717) is 37.4 Å². The van der Waals surface area contributed by atoms with Crippen molar-refractivity contribution in [3.8, 4) is 0 Å². The number of benzene rings is 2. The summed E-state index contributed by atoms with van der Waals surface area (Å²) < 4.78 is 24.3. The van der Waals surface area contributed by atoms with Gasteiger partial charge >= 0.3 is 0 Å². The fourth-order valence-electron chi connectivity index (χ4n) is 3.37. The number of ether oxygens (including phenoxy) is 2. The second kappa shape index (κ2) is 9.08. The van der Waals surface area contributed by atoms with Crippen molar-refractivity contribution in [2.45, 2.75) is 18.6 Å². The summed E-state index contributed by atoms with van der Waals surface area (Å²) in [4.78, 5) is 14.6. The first kappa shape index (κ1) is 19.5. The molecule has 1 amide bonds. The second-order valence-electron chi connectivity index (χ2n) is 6.74. The van der Waals surface area contributed by atoms with Gasteiger partial charge in [-0.05, 0) is 23.8 Å². The summed E-state index contributed by atoms with van der Waals surface area (Å²) in [5.41, 5.74) is 8.22. The highest BCUT2D eigenvalue weighted by molar-refractivity contribution is 5.94. The molecule has 1 aliphatic rings. The Morgan fingerprint density at radius 1 is 1.19 bits per heavy atom. The van der Waals surface area contributed by atoms with Gasteiger partial charge in [-0.3, -0.25) is 4.79 Å². The normalized spacial score (nSPS) is 19.4. The van der Waals surface area contributed by atoms with E-state index < -0.39 is 0 Å². The molecule has 0 aliphatic carbocycles. The van der Waals surface area contributed by atoms with Crippen molar-refractivity contribution in [3.05, 3.63) is 71.0 Å². The maximum Gasteiger partial charge on any atom is 0.253 e. The number of hydrogen-bond acceptors (Lipinski definition) is 4. The number of amides is 1. The van der Waals surface area contributed by atoms with Crippen LogP contribution in [0.1, 0.15) is 27.4 Å². The fourth-order valence-corrected chi connectivity index (χ4v) is 3.37. The molecule has 2 atom stereocenters. The molecule has 1 saturated heterocycles. The molecule has 0 aromatic heterocycles. The molecule has 5 nitrogen and oxygen atoms in total. The van der Waals surface area contributed by atoms with Crippen LogP contribution in [0.3, 0.4) is 0 Å². The number of hydrogen-bond donors (Lipinski definition) is 1. The van der Waals surface area contributed by atoms with Crippen LogP contribution in [0.2, 0.25) is 0 Å². The Bertz CT molecular complexity index is 769. The van der Waals surface area contributed by atoms with Crippen molar-refractivity contribution >= 4 is 5.91 Å². The summed E-state index contributed by atoms with van der Waals surface area (Å²) in [6.45, 7) is 1.94. The van der Waals surface area contributed by atoms with Crippen LogP contribution in [-0.4, -0.2) is 50.3 Å². The molecule has 0 bridgehead atoms. The van der Waals surface area contributed by atoms with Gasteiger partial charge < -0.3 is 20.1 Å². The van der Waals surface area contributed by atoms with Crippen LogP contribution in [0.15, 0.2) is 48.5 Å². The van der Waals surface area contributed by atoms with Crippen molar-refractivity contribution in [2.24, 2.45) is 5.73 Å². The third-order valence-corrected chi connectivity index (χ3v) is 4.86. The highest BCUT2D eigenvalue weighted by atomic mass is 19.1. The van der Waals surface area contributed by atoms with Crippen LogP contribution < -0.4 is 5.73 Å². The van der Waals surface area contributed by atoms with E-state index >= 15 is 0 Å². The Morgan fingerprint density at radius 3 is 2.70 bits per heavy atom. The van der Waals surface area contributed by atoms with Gasteiger partial charge in [-0.1, -0.05) is 30.3 Å². The number of nitrogens with two attached hydrogens (primary N) is 1. The van der Waals surface area contributed by atoms with Crippen LogP contribution in [0.5, 0.6) is 0 Å². The molecule has 1 heterocycles. The van der Waals surface area contributed by atoms with Crippen molar-refractivity contribution < 1.29 is 18.7 Å². The SMILES string of the molecule is COCCOCc1cc(C(=O)N2C[C@@H](N)[C@H](c3ccccc3)C2)ccc1F. The van der Waals surface area contributed by atoms with Gasteiger partial charge in [0.1, 0.15) is 5.82 Å². The smallest absolute Gasteiger partial charge is 0.253 e. The minimum absolute atomic E-state index is 0.0997. The first-order valence-corrected chi connectivity index (χ1v) is 9.05. The molecule has 0 radical (unpaired) electrons. The third kappa shape index (κ3) is 4.71. The predicted octanol–water partition coefficient (Wildman–Crippen LogP) is 2.56. The van der Waals surface area contributed by atoms with Crippen LogP contribution >= 0.6 is 0 Å². The summed E-state index contributed by atoms with van der Waals surface area (Å²) in [6.07, 6.45) is 0. The molecule has 2 aromatic rings. The summed E-state index contributed by atoms with van der Waals surface area (Å²) in [5.74, 6) is -0.418. The Hall–Kier alpha value is -2.28. The van der Waals surface area contributed by atoms with Gasteiger partial charge in [0.25, 0.3) is 5.91 Å². The zero-order valence-electron chi connectivity index (χ0n) is 15.4. The highest BCUT2D eigenvalue weighted by Crippen LogP contribution is 2.27. The average Bonchev–Trinajstić information content (AvgIpc) is 3.08. The number of methoxy groups -OCH3 is 1. The Balaban J connectivity index is 1.69. The van der Waals surface area contributed by atoms with Crippen LogP contribution in [-0.2, 0) is 16.1 Å². The molecule has 1 aliphatic heterocycles. The molecular weight excluding hydrogens is 347 g/mol. The number of halogens is 1. The molecule has 0 unspecified atom stereocenters. The van der Waals surface area contributed by atoms with Gasteiger partial charge in [0.2, 0.25) is 0 Å². The lowest BCUT2D eigenvalue weighted by Gasteiger charge is -2.17. The predicted molar refractivity (Wildman–Crippen MR) is 101 cm³/mol. The van der Waals surface area contributed by atoms with Gasteiger partial charge in [-0.2, -0.15) is 0 Å². The summed E-state index contributed by atoms with van der Waals surface area (Å²) in [6, 6.07) is 14.2. The van der Waals surface area contributed by atoms with Gasteiger partial charge in [-0.25, -0.2) is 4.39 Å². The minimum atomic E-state index is -0.385. The first-order valence-electron chi connectivity index (χ1n) is 9.05. The fraction of sp³-hybridized carbons (Fsp3) is 0.381. The van der Waals surface area contributed by atoms with E-state index in [1.54, 1.807) is 18.1 Å². The molecule has 0 saturated carbocycles. The largest absolute Gasteiger partial charge is 0.382 e. The van der Waals surface area contributed by atoms with Crippen LogP contribution in [0.4, 0.5) is 4.39 Å². The van der Waals surface area contributed by atoms with Crippen molar-refractivity contribution in [1.29, 1.82) is 0 Å². The van der Waals surface area contributed by atoms with E-state index in [2.05, 4.69) is 0 Å². The lowest BCUT2D eigenvalue weighted by molar-refractivity contribution is 0.0603. The van der Waals surface area contributed by atoms with E-state index in [0.717, 1.165) is 5.56 Å². The van der Waals surface area contributed by atoms with Crippen LogP contribution in [0.25, 0.3) is 0 Å².